The number of halogens is 3. The molecule has 0 aliphatic rings. The van der Waals surface area contributed by atoms with Gasteiger partial charge in [0.1, 0.15) is 5.82 Å². The van der Waals surface area contributed by atoms with Gasteiger partial charge in [-0.25, -0.2) is 18.2 Å². The Morgan fingerprint density at radius 1 is 1.17 bits per heavy atom. The van der Waals surface area contributed by atoms with E-state index in [4.69, 9.17) is 0 Å². The minimum Gasteiger partial charge on any atom is -0.342 e. The summed E-state index contributed by atoms with van der Waals surface area (Å²) < 4.78 is 39.5. The van der Waals surface area contributed by atoms with Crippen LogP contribution >= 0.6 is 0 Å². The summed E-state index contributed by atoms with van der Waals surface area (Å²) in [6, 6.07) is 6.99. The zero-order valence-corrected chi connectivity index (χ0v) is 12.1. The van der Waals surface area contributed by atoms with Crippen molar-refractivity contribution < 1.29 is 18.0 Å². The third-order valence-electron chi connectivity index (χ3n) is 3.34. The molecule has 0 unspecified atom stereocenters. The third kappa shape index (κ3) is 3.03. The number of carbonyl (C=O) groups is 1. The second-order valence-corrected chi connectivity index (χ2v) is 5.12. The monoisotopic (exact) mass is 319 g/mol. The van der Waals surface area contributed by atoms with Crippen LogP contribution in [0.25, 0.3) is 11.0 Å². The Labute approximate surface area is 129 Å². The van der Waals surface area contributed by atoms with E-state index in [0.717, 1.165) is 29.0 Å². The molecule has 1 aromatic heterocycles. The Kier molecular flexibility index (Phi) is 3.77. The standard InChI is InChI=1S/C16H12F3N3O/c1-8-20-11-4-2-9(6-13(11)21-8)7-14(23)22-12-5-3-10(17)15(18)16(12)19/h2-6H,7H2,1H3,(H,20,21)(H,22,23). The quantitative estimate of drug-likeness (QED) is 0.726. The molecule has 0 aliphatic heterocycles. The number of imidazole rings is 1. The van der Waals surface area contributed by atoms with Crippen LogP contribution in [0.2, 0.25) is 0 Å². The van der Waals surface area contributed by atoms with Crippen molar-refractivity contribution in [2.45, 2.75) is 13.3 Å². The SMILES string of the molecule is Cc1nc2ccc(CC(=O)Nc3ccc(F)c(F)c3F)cc2[nH]1. The number of rotatable bonds is 3. The van der Waals surface area contributed by atoms with E-state index < -0.39 is 29.0 Å². The minimum absolute atomic E-state index is 0.0353. The van der Waals surface area contributed by atoms with Crippen LogP contribution in [0, 0.1) is 24.4 Å². The average Bonchev–Trinajstić information content (AvgIpc) is 2.87. The summed E-state index contributed by atoms with van der Waals surface area (Å²) in [4.78, 5) is 19.3. The highest BCUT2D eigenvalue weighted by atomic mass is 19.2. The van der Waals surface area contributed by atoms with E-state index in [1.54, 1.807) is 18.2 Å². The van der Waals surface area contributed by atoms with Crippen LogP contribution in [0.4, 0.5) is 18.9 Å². The topological polar surface area (TPSA) is 57.8 Å². The molecule has 0 fully saturated rings. The molecule has 3 aromatic rings. The fraction of sp³-hybridized carbons (Fsp3) is 0.125. The number of aryl methyl sites for hydroxylation is 1. The summed E-state index contributed by atoms with van der Waals surface area (Å²) in [5.74, 6) is -4.12. The Hall–Kier alpha value is -2.83. The molecular weight excluding hydrogens is 307 g/mol. The molecule has 1 heterocycles. The van der Waals surface area contributed by atoms with E-state index in [9.17, 15) is 18.0 Å². The third-order valence-corrected chi connectivity index (χ3v) is 3.34. The van der Waals surface area contributed by atoms with E-state index in [1.165, 1.54) is 0 Å². The maximum Gasteiger partial charge on any atom is 0.228 e. The van der Waals surface area contributed by atoms with Gasteiger partial charge < -0.3 is 10.3 Å². The first-order valence-electron chi connectivity index (χ1n) is 6.82. The fourth-order valence-corrected chi connectivity index (χ4v) is 2.30. The lowest BCUT2D eigenvalue weighted by molar-refractivity contribution is -0.115. The number of hydrogen-bond acceptors (Lipinski definition) is 2. The first-order chi connectivity index (χ1) is 10.9. The Morgan fingerprint density at radius 3 is 2.74 bits per heavy atom. The van der Waals surface area contributed by atoms with Crippen molar-refractivity contribution in [1.29, 1.82) is 0 Å². The normalized spacial score (nSPS) is 11.0. The number of hydrogen-bond donors (Lipinski definition) is 2. The van der Waals surface area contributed by atoms with Crippen LogP contribution < -0.4 is 5.32 Å². The predicted octanol–water partition coefficient (Wildman–Crippen LogP) is 3.47. The van der Waals surface area contributed by atoms with Crippen LogP contribution in [-0.2, 0) is 11.2 Å². The number of aromatic nitrogens is 2. The number of benzene rings is 2. The summed E-state index contributed by atoms with van der Waals surface area (Å²) in [6.07, 6.45) is -0.0353. The summed E-state index contributed by atoms with van der Waals surface area (Å²) >= 11 is 0. The molecule has 1 amide bonds. The molecule has 0 bridgehead atoms. The van der Waals surface area contributed by atoms with Gasteiger partial charge in [-0.15, -0.1) is 0 Å². The predicted molar refractivity (Wildman–Crippen MR) is 79.5 cm³/mol. The van der Waals surface area contributed by atoms with Gasteiger partial charge in [0, 0.05) is 0 Å². The first kappa shape index (κ1) is 15.1. The van der Waals surface area contributed by atoms with Crippen molar-refractivity contribution >= 4 is 22.6 Å². The number of nitrogens with zero attached hydrogens (tertiary/aromatic N) is 1. The lowest BCUT2D eigenvalue weighted by atomic mass is 10.1. The first-order valence-corrected chi connectivity index (χ1v) is 6.82. The summed E-state index contributed by atoms with van der Waals surface area (Å²) in [6.45, 7) is 1.82. The van der Waals surface area contributed by atoms with Crippen LogP contribution in [0.5, 0.6) is 0 Å². The minimum atomic E-state index is -1.61. The molecule has 2 aromatic carbocycles. The van der Waals surface area contributed by atoms with Gasteiger partial charge in [-0.05, 0) is 36.8 Å². The van der Waals surface area contributed by atoms with E-state index in [1.807, 2.05) is 6.92 Å². The molecule has 0 saturated heterocycles. The van der Waals surface area contributed by atoms with E-state index in [2.05, 4.69) is 15.3 Å². The summed E-state index contributed by atoms with van der Waals surface area (Å²) in [5.41, 5.74) is 1.85. The van der Waals surface area contributed by atoms with Gasteiger partial charge in [-0.1, -0.05) is 6.07 Å². The van der Waals surface area contributed by atoms with Gasteiger partial charge in [0.2, 0.25) is 5.91 Å². The highest BCUT2D eigenvalue weighted by Gasteiger charge is 2.15. The molecule has 7 heteroatoms. The molecule has 2 N–H and O–H groups in total. The van der Waals surface area contributed by atoms with Crippen LogP contribution in [-0.4, -0.2) is 15.9 Å². The van der Waals surface area contributed by atoms with Crippen LogP contribution in [0.1, 0.15) is 11.4 Å². The van der Waals surface area contributed by atoms with Gasteiger partial charge in [0.25, 0.3) is 0 Å². The van der Waals surface area contributed by atoms with Crippen molar-refractivity contribution in [1.82, 2.24) is 9.97 Å². The van der Waals surface area contributed by atoms with Crippen molar-refractivity contribution in [3.8, 4) is 0 Å². The van der Waals surface area contributed by atoms with Gasteiger partial charge in [-0.2, -0.15) is 0 Å². The van der Waals surface area contributed by atoms with Gasteiger partial charge >= 0.3 is 0 Å². The smallest absolute Gasteiger partial charge is 0.228 e. The number of amides is 1. The Bertz CT molecular complexity index is 905. The molecular formula is C16H12F3N3O. The lowest BCUT2D eigenvalue weighted by Gasteiger charge is -2.07. The van der Waals surface area contributed by atoms with Crippen LogP contribution in [0.3, 0.4) is 0 Å². The van der Waals surface area contributed by atoms with E-state index in [0.29, 0.717) is 5.56 Å². The van der Waals surface area contributed by atoms with Crippen LogP contribution in [0.15, 0.2) is 30.3 Å². The molecule has 0 saturated carbocycles. The van der Waals surface area contributed by atoms with Crippen molar-refractivity contribution in [2.24, 2.45) is 0 Å². The highest BCUT2D eigenvalue weighted by Crippen LogP contribution is 2.20. The number of fused-ring (bicyclic) bond motifs is 1. The number of carbonyl (C=O) groups excluding carboxylic acids is 1. The molecule has 3 rings (SSSR count). The number of nitrogens with one attached hydrogen (secondary N) is 2. The molecule has 0 radical (unpaired) electrons. The maximum absolute atomic E-state index is 13.5. The molecule has 0 atom stereocenters. The van der Waals surface area contributed by atoms with Crippen molar-refractivity contribution in [3.05, 3.63) is 59.2 Å². The Balaban J connectivity index is 1.77. The molecule has 4 nitrogen and oxygen atoms in total. The number of H-pyrrole nitrogens is 1. The zero-order chi connectivity index (χ0) is 16.6. The van der Waals surface area contributed by atoms with Gasteiger partial charge in [0.15, 0.2) is 17.5 Å². The molecule has 0 spiro atoms. The van der Waals surface area contributed by atoms with Crippen molar-refractivity contribution in [2.75, 3.05) is 5.32 Å². The average molecular weight is 319 g/mol. The number of anilines is 1. The van der Waals surface area contributed by atoms with Gasteiger partial charge in [-0.3, -0.25) is 4.79 Å². The number of aromatic amines is 1. The molecule has 0 aliphatic carbocycles. The largest absolute Gasteiger partial charge is 0.342 e. The lowest BCUT2D eigenvalue weighted by Crippen LogP contribution is -2.16. The second-order valence-electron chi connectivity index (χ2n) is 5.12. The van der Waals surface area contributed by atoms with E-state index >= 15 is 0 Å². The maximum atomic E-state index is 13.5. The van der Waals surface area contributed by atoms with E-state index in [-0.39, 0.29) is 6.42 Å². The Morgan fingerprint density at radius 2 is 1.96 bits per heavy atom. The summed E-state index contributed by atoms with van der Waals surface area (Å²) in [7, 11) is 0. The van der Waals surface area contributed by atoms with Crippen molar-refractivity contribution in [3.63, 3.8) is 0 Å². The zero-order valence-electron chi connectivity index (χ0n) is 12.1. The highest BCUT2D eigenvalue weighted by molar-refractivity contribution is 5.93. The summed E-state index contributed by atoms with van der Waals surface area (Å²) in [5, 5.41) is 2.23. The fourth-order valence-electron chi connectivity index (χ4n) is 2.30. The molecule has 118 valence electrons. The molecule has 23 heavy (non-hydrogen) atoms. The second kappa shape index (κ2) is 5.75. The van der Waals surface area contributed by atoms with Gasteiger partial charge in [0.05, 0.1) is 23.1 Å².